The second-order valence-electron chi connectivity index (χ2n) is 7.45. The van der Waals surface area contributed by atoms with Gasteiger partial charge in [-0.3, -0.25) is 0 Å². The molecular weight excluding hydrogens is 355 g/mol. The summed E-state index contributed by atoms with van der Waals surface area (Å²) < 4.78 is 0. The number of rotatable bonds is 5. The van der Waals surface area contributed by atoms with E-state index < -0.39 is 7.26 Å². The van der Waals surface area contributed by atoms with Crippen molar-refractivity contribution in [3.63, 3.8) is 0 Å². The lowest BCUT2D eigenvalue weighted by atomic mass is 10.1. The van der Waals surface area contributed by atoms with Crippen molar-refractivity contribution in [3.8, 4) is 0 Å². The minimum absolute atomic E-state index is 1.15. The molecule has 28 heavy (non-hydrogen) atoms. The predicted octanol–water partition coefficient (Wildman–Crippen LogP) is 6.38. The Kier molecular flexibility index (Phi) is 5.89. The van der Waals surface area contributed by atoms with E-state index in [0.29, 0.717) is 0 Å². The monoisotopic (exact) mass is 383 g/mol. The first-order valence-corrected chi connectivity index (χ1v) is 12.1. The smallest absolute Gasteiger partial charge is 0.0774 e. The molecule has 0 unspecified atom stereocenters. The molecule has 0 nitrogen and oxygen atoms in total. The molecule has 1 heteroatoms. The standard InChI is InChI=1S/C27H28P/c1-23(24-15-7-2-3-8-16-24)28(25-17-9-4-10-18-25,26-19-11-5-12-20-26)27-21-13-6-14-22-27/h4-6,9-15,17-22H,1-3,7-8,16H2/q+1. The maximum atomic E-state index is 4.80. The van der Waals surface area contributed by atoms with E-state index in [-0.39, 0.29) is 0 Å². The molecule has 0 spiro atoms. The Morgan fingerprint density at radius 1 is 0.607 bits per heavy atom. The van der Waals surface area contributed by atoms with Gasteiger partial charge < -0.3 is 0 Å². The molecule has 0 saturated heterocycles. The third kappa shape index (κ3) is 3.50. The lowest BCUT2D eigenvalue weighted by molar-refractivity contribution is 0.713. The van der Waals surface area contributed by atoms with E-state index in [0.717, 1.165) is 6.42 Å². The predicted molar refractivity (Wildman–Crippen MR) is 125 cm³/mol. The van der Waals surface area contributed by atoms with Gasteiger partial charge in [0.1, 0.15) is 28.5 Å². The van der Waals surface area contributed by atoms with Crippen molar-refractivity contribution < 1.29 is 0 Å². The summed E-state index contributed by atoms with van der Waals surface area (Å²) in [5.74, 6) is 0. The van der Waals surface area contributed by atoms with E-state index in [1.807, 2.05) is 0 Å². The molecule has 0 amide bonds. The van der Waals surface area contributed by atoms with Crippen LogP contribution in [0.2, 0.25) is 0 Å². The normalized spacial score (nSPS) is 14.8. The Bertz CT molecular complexity index is 843. The Balaban J connectivity index is 2.01. The van der Waals surface area contributed by atoms with Gasteiger partial charge in [0.05, 0.1) is 0 Å². The molecular formula is C27H28P+. The van der Waals surface area contributed by atoms with Gasteiger partial charge in [0.25, 0.3) is 0 Å². The highest BCUT2D eigenvalue weighted by atomic mass is 31.2. The van der Waals surface area contributed by atoms with Crippen LogP contribution in [0.5, 0.6) is 0 Å². The fourth-order valence-corrected chi connectivity index (χ4v) is 8.68. The first-order chi connectivity index (χ1) is 13.8. The van der Waals surface area contributed by atoms with Gasteiger partial charge in [0, 0.05) is 0 Å². The molecule has 0 bridgehead atoms. The Morgan fingerprint density at radius 3 is 1.54 bits per heavy atom. The van der Waals surface area contributed by atoms with E-state index in [9.17, 15) is 0 Å². The topological polar surface area (TPSA) is 0 Å². The van der Waals surface area contributed by atoms with Crippen molar-refractivity contribution in [1.29, 1.82) is 0 Å². The van der Waals surface area contributed by atoms with Crippen LogP contribution in [0, 0.1) is 0 Å². The molecule has 4 rings (SSSR count). The average molecular weight is 383 g/mol. The Hall–Kier alpha value is -2.43. The average Bonchev–Trinajstić information content (AvgIpc) is 3.06. The zero-order valence-corrected chi connectivity index (χ0v) is 17.3. The molecule has 140 valence electrons. The molecule has 0 aromatic heterocycles. The summed E-state index contributed by atoms with van der Waals surface area (Å²) in [6.07, 6.45) is 8.67. The van der Waals surface area contributed by atoms with Gasteiger partial charge in [-0.15, -0.1) is 0 Å². The van der Waals surface area contributed by atoms with Crippen LogP contribution in [-0.2, 0) is 0 Å². The van der Waals surface area contributed by atoms with Crippen LogP contribution in [0.25, 0.3) is 0 Å². The summed E-state index contributed by atoms with van der Waals surface area (Å²) in [6, 6.07) is 33.2. The summed E-state index contributed by atoms with van der Waals surface area (Å²) in [7, 11) is -1.99. The van der Waals surface area contributed by atoms with Gasteiger partial charge in [-0.2, -0.15) is 0 Å². The molecule has 3 aromatic rings. The fraction of sp³-hybridized carbons (Fsp3) is 0.185. The van der Waals surface area contributed by atoms with E-state index in [2.05, 4.69) is 97.1 Å². The molecule has 0 saturated carbocycles. The molecule has 1 aliphatic carbocycles. The highest BCUT2D eigenvalue weighted by Gasteiger charge is 2.49. The zero-order chi connectivity index (χ0) is 19.2. The quantitative estimate of drug-likeness (QED) is 0.448. The number of hydrogen-bond donors (Lipinski definition) is 0. The lowest BCUT2D eigenvalue weighted by Crippen LogP contribution is -2.32. The Labute approximate surface area is 170 Å². The van der Waals surface area contributed by atoms with Crippen molar-refractivity contribution in [2.45, 2.75) is 32.1 Å². The highest BCUT2D eigenvalue weighted by molar-refractivity contribution is 7.99. The van der Waals surface area contributed by atoms with Gasteiger partial charge in [-0.05, 0) is 67.7 Å². The number of allylic oxidation sites excluding steroid dienone is 3. The van der Waals surface area contributed by atoms with E-state index in [4.69, 9.17) is 6.58 Å². The zero-order valence-electron chi connectivity index (χ0n) is 16.4. The fourth-order valence-electron chi connectivity index (χ4n) is 4.36. The second-order valence-corrected chi connectivity index (χ2v) is 10.9. The van der Waals surface area contributed by atoms with Crippen LogP contribution in [0.1, 0.15) is 32.1 Å². The third-order valence-electron chi connectivity index (χ3n) is 5.75. The van der Waals surface area contributed by atoms with Gasteiger partial charge >= 0.3 is 0 Å². The number of hydrogen-bond acceptors (Lipinski definition) is 0. The van der Waals surface area contributed by atoms with Gasteiger partial charge in [-0.1, -0.05) is 73.7 Å². The van der Waals surface area contributed by atoms with Crippen molar-refractivity contribution in [2.75, 3.05) is 0 Å². The van der Waals surface area contributed by atoms with Crippen molar-refractivity contribution >= 4 is 23.2 Å². The van der Waals surface area contributed by atoms with Gasteiger partial charge in [0.2, 0.25) is 0 Å². The molecule has 0 aliphatic heterocycles. The Morgan fingerprint density at radius 2 is 1.07 bits per heavy atom. The van der Waals surface area contributed by atoms with Crippen molar-refractivity contribution in [3.05, 3.63) is 115 Å². The van der Waals surface area contributed by atoms with Gasteiger partial charge in [0.15, 0.2) is 0 Å². The van der Waals surface area contributed by atoms with E-state index in [1.54, 1.807) is 0 Å². The molecule has 1 aliphatic rings. The second kappa shape index (κ2) is 8.72. The molecule has 0 N–H and O–H groups in total. The minimum atomic E-state index is -1.99. The maximum absolute atomic E-state index is 4.80. The highest BCUT2D eigenvalue weighted by Crippen LogP contribution is 2.64. The van der Waals surface area contributed by atoms with E-state index >= 15 is 0 Å². The van der Waals surface area contributed by atoms with Crippen LogP contribution < -0.4 is 15.9 Å². The van der Waals surface area contributed by atoms with Crippen molar-refractivity contribution in [2.24, 2.45) is 0 Å². The maximum Gasteiger partial charge on any atom is 0.143 e. The first-order valence-electron chi connectivity index (χ1n) is 10.3. The van der Waals surface area contributed by atoms with E-state index in [1.165, 1.54) is 52.5 Å². The number of benzene rings is 3. The summed E-state index contributed by atoms with van der Waals surface area (Å²) >= 11 is 0. The molecule has 3 aromatic carbocycles. The minimum Gasteiger partial charge on any atom is -0.0774 e. The van der Waals surface area contributed by atoms with Crippen LogP contribution in [0.3, 0.4) is 0 Å². The van der Waals surface area contributed by atoms with Crippen molar-refractivity contribution in [1.82, 2.24) is 0 Å². The van der Waals surface area contributed by atoms with Crippen LogP contribution in [-0.4, -0.2) is 0 Å². The summed E-state index contributed by atoms with van der Waals surface area (Å²) in [6.45, 7) is 4.80. The third-order valence-corrected chi connectivity index (χ3v) is 10.1. The largest absolute Gasteiger partial charge is 0.143 e. The van der Waals surface area contributed by atoms with Crippen LogP contribution >= 0.6 is 7.26 Å². The molecule has 0 atom stereocenters. The van der Waals surface area contributed by atoms with Crippen LogP contribution in [0.4, 0.5) is 0 Å². The molecule has 0 radical (unpaired) electrons. The SMILES string of the molecule is C=C(C1=CCCCCC1)[P+](c1ccccc1)(c1ccccc1)c1ccccc1. The molecule has 0 fully saturated rings. The summed E-state index contributed by atoms with van der Waals surface area (Å²) in [5.41, 5.74) is 1.47. The summed E-state index contributed by atoms with van der Waals surface area (Å²) in [5, 5.41) is 5.51. The molecule has 0 heterocycles. The van der Waals surface area contributed by atoms with Crippen LogP contribution in [0.15, 0.2) is 115 Å². The summed E-state index contributed by atoms with van der Waals surface area (Å²) in [4.78, 5) is 0. The first kappa shape index (κ1) is 18.9. The van der Waals surface area contributed by atoms with Gasteiger partial charge in [-0.25, -0.2) is 0 Å². The lowest BCUT2D eigenvalue weighted by Gasteiger charge is -2.30.